The molecule has 1 amide bonds. The highest BCUT2D eigenvalue weighted by atomic mass is 16.5. The maximum atomic E-state index is 10.9. The zero-order valence-corrected chi connectivity index (χ0v) is 8.14. The van der Waals surface area contributed by atoms with Gasteiger partial charge in [0.15, 0.2) is 0 Å². The highest BCUT2D eigenvalue weighted by Crippen LogP contribution is 1.81. The molecule has 0 saturated carbocycles. The minimum absolute atomic E-state index is 0.00480. The molecule has 0 fully saturated rings. The van der Waals surface area contributed by atoms with Crippen LogP contribution < -0.4 is 10.6 Å². The van der Waals surface area contributed by atoms with Crippen molar-refractivity contribution in [2.24, 2.45) is 0 Å². The Morgan fingerprint density at radius 2 is 2.31 bits per heavy atom. The van der Waals surface area contributed by atoms with E-state index < -0.39 is 0 Å². The topological polar surface area (TPSA) is 50.4 Å². The second-order valence-corrected chi connectivity index (χ2v) is 2.57. The summed E-state index contributed by atoms with van der Waals surface area (Å²) in [6, 6.07) is 0. The van der Waals surface area contributed by atoms with Gasteiger partial charge in [0, 0.05) is 6.54 Å². The molecular weight excluding hydrogens is 168 g/mol. The Morgan fingerprint density at radius 3 is 2.92 bits per heavy atom. The lowest BCUT2D eigenvalue weighted by Crippen LogP contribution is -2.34. The second kappa shape index (κ2) is 9.22. The fourth-order valence-corrected chi connectivity index (χ4v) is 0.754. The van der Waals surface area contributed by atoms with Gasteiger partial charge in [-0.1, -0.05) is 6.08 Å². The van der Waals surface area contributed by atoms with Gasteiger partial charge in [0.1, 0.15) is 0 Å². The number of carbonyl (C=O) groups is 1. The Morgan fingerprint density at radius 1 is 1.54 bits per heavy atom. The average molecular weight is 186 g/mol. The number of ether oxygens (including phenoxy) is 1. The fraction of sp³-hybridized carbons (Fsp3) is 0.667. The molecule has 0 aliphatic rings. The van der Waals surface area contributed by atoms with E-state index >= 15 is 0 Å². The van der Waals surface area contributed by atoms with Crippen molar-refractivity contribution in [3.05, 3.63) is 12.7 Å². The summed E-state index contributed by atoms with van der Waals surface area (Å²) >= 11 is 0. The fourth-order valence-electron chi connectivity index (χ4n) is 0.754. The monoisotopic (exact) mass is 186 g/mol. The van der Waals surface area contributed by atoms with Crippen molar-refractivity contribution in [3.63, 3.8) is 0 Å². The Bertz CT molecular complexity index is 149. The second-order valence-electron chi connectivity index (χ2n) is 2.57. The molecule has 0 aliphatic carbocycles. The van der Waals surface area contributed by atoms with Crippen LogP contribution in [0.1, 0.15) is 6.42 Å². The van der Waals surface area contributed by atoms with Gasteiger partial charge < -0.3 is 15.4 Å². The molecule has 0 bridgehead atoms. The van der Waals surface area contributed by atoms with Crippen LogP contribution in [-0.2, 0) is 9.53 Å². The minimum atomic E-state index is -0.00480. The van der Waals surface area contributed by atoms with Crippen LogP contribution in [0.2, 0.25) is 0 Å². The van der Waals surface area contributed by atoms with E-state index in [2.05, 4.69) is 17.2 Å². The van der Waals surface area contributed by atoms with Gasteiger partial charge >= 0.3 is 0 Å². The molecule has 0 saturated heterocycles. The van der Waals surface area contributed by atoms with Crippen molar-refractivity contribution in [3.8, 4) is 0 Å². The molecule has 0 unspecified atom stereocenters. The third-order valence-corrected chi connectivity index (χ3v) is 1.37. The van der Waals surface area contributed by atoms with E-state index in [4.69, 9.17) is 4.74 Å². The van der Waals surface area contributed by atoms with Crippen LogP contribution in [0.15, 0.2) is 12.7 Å². The Kier molecular flexibility index (Phi) is 8.60. The van der Waals surface area contributed by atoms with Gasteiger partial charge in [0.05, 0.1) is 19.8 Å². The molecule has 0 aliphatic heterocycles. The van der Waals surface area contributed by atoms with Crippen molar-refractivity contribution in [2.45, 2.75) is 6.42 Å². The van der Waals surface area contributed by atoms with Gasteiger partial charge in [-0.05, 0) is 13.5 Å². The average Bonchev–Trinajstić information content (AvgIpc) is 2.11. The van der Waals surface area contributed by atoms with Gasteiger partial charge in [-0.25, -0.2) is 0 Å². The van der Waals surface area contributed by atoms with Crippen LogP contribution in [0.25, 0.3) is 0 Å². The van der Waals surface area contributed by atoms with Crippen molar-refractivity contribution in [1.29, 1.82) is 0 Å². The van der Waals surface area contributed by atoms with Gasteiger partial charge in [0.2, 0.25) is 5.91 Å². The molecule has 2 N–H and O–H groups in total. The van der Waals surface area contributed by atoms with E-state index in [1.807, 2.05) is 0 Å². The lowest BCUT2D eigenvalue weighted by molar-refractivity contribution is -0.120. The van der Waals surface area contributed by atoms with Crippen LogP contribution in [0.3, 0.4) is 0 Å². The zero-order valence-electron chi connectivity index (χ0n) is 8.14. The lowest BCUT2D eigenvalue weighted by atomic mass is 10.4. The number of carbonyl (C=O) groups excluding carboxylic acids is 1. The predicted octanol–water partition coefficient (Wildman–Crippen LogP) is -0.0853. The molecule has 0 radical (unpaired) electrons. The molecule has 0 spiro atoms. The molecule has 76 valence electrons. The zero-order chi connectivity index (χ0) is 9.94. The molecule has 13 heavy (non-hydrogen) atoms. The molecule has 0 aromatic carbocycles. The summed E-state index contributed by atoms with van der Waals surface area (Å²) < 4.78 is 5.20. The van der Waals surface area contributed by atoms with Gasteiger partial charge in [0.25, 0.3) is 0 Å². The minimum Gasteiger partial charge on any atom is -0.379 e. The number of rotatable bonds is 8. The molecule has 4 nitrogen and oxygen atoms in total. The highest BCUT2D eigenvalue weighted by molar-refractivity contribution is 5.77. The molecule has 4 heteroatoms. The molecule has 0 atom stereocenters. The van der Waals surface area contributed by atoms with E-state index in [1.54, 1.807) is 13.1 Å². The van der Waals surface area contributed by atoms with Crippen LogP contribution in [0.5, 0.6) is 0 Å². The lowest BCUT2D eigenvalue weighted by Gasteiger charge is -2.04. The maximum Gasteiger partial charge on any atom is 0.234 e. The third kappa shape index (κ3) is 9.04. The number of amides is 1. The van der Waals surface area contributed by atoms with Crippen molar-refractivity contribution < 1.29 is 9.53 Å². The van der Waals surface area contributed by atoms with Crippen LogP contribution in [0.4, 0.5) is 0 Å². The molecule has 0 heterocycles. The number of nitrogens with one attached hydrogen (secondary N) is 2. The summed E-state index contributed by atoms with van der Waals surface area (Å²) in [6.45, 7) is 5.72. The highest BCUT2D eigenvalue weighted by Gasteiger charge is 1.96. The first kappa shape index (κ1) is 12.1. The maximum absolute atomic E-state index is 10.9. The normalized spacial score (nSPS) is 9.62. The van der Waals surface area contributed by atoms with Crippen LogP contribution in [-0.4, -0.2) is 39.3 Å². The Hall–Kier alpha value is -0.870. The van der Waals surface area contributed by atoms with E-state index in [-0.39, 0.29) is 5.91 Å². The number of hydrogen-bond donors (Lipinski definition) is 2. The first-order valence-corrected chi connectivity index (χ1v) is 4.41. The summed E-state index contributed by atoms with van der Waals surface area (Å²) in [5.74, 6) is -0.00480. The van der Waals surface area contributed by atoms with E-state index in [1.165, 1.54) is 0 Å². The molecule has 0 aromatic heterocycles. The number of hydrogen-bond acceptors (Lipinski definition) is 3. The van der Waals surface area contributed by atoms with E-state index in [0.717, 1.165) is 6.42 Å². The SMILES string of the molecule is C=CCCOCCNC(=O)CNC. The third-order valence-electron chi connectivity index (χ3n) is 1.37. The van der Waals surface area contributed by atoms with Crippen LogP contribution >= 0.6 is 0 Å². The summed E-state index contributed by atoms with van der Waals surface area (Å²) in [6.07, 6.45) is 2.66. The molecule has 0 rings (SSSR count). The summed E-state index contributed by atoms with van der Waals surface area (Å²) in [7, 11) is 1.74. The van der Waals surface area contributed by atoms with E-state index in [0.29, 0.717) is 26.3 Å². The predicted molar refractivity (Wildman–Crippen MR) is 52.6 cm³/mol. The standard InChI is InChI=1S/C9H18N2O2/c1-3-4-6-13-7-5-11-9(12)8-10-2/h3,10H,1,4-8H2,2H3,(H,11,12). The smallest absolute Gasteiger partial charge is 0.234 e. The summed E-state index contributed by atoms with van der Waals surface area (Å²) in [4.78, 5) is 10.9. The van der Waals surface area contributed by atoms with Gasteiger partial charge in [-0.2, -0.15) is 0 Å². The Balaban J connectivity index is 3.06. The largest absolute Gasteiger partial charge is 0.379 e. The summed E-state index contributed by atoms with van der Waals surface area (Å²) in [5, 5.41) is 5.47. The Labute approximate surface area is 79.3 Å². The van der Waals surface area contributed by atoms with Crippen LogP contribution in [0, 0.1) is 0 Å². The van der Waals surface area contributed by atoms with Crippen molar-refractivity contribution in [2.75, 3.05) is 33.4 Å². The number of likely N-dealkylation sites (N-methyl/N-ethyl adjacent to an activating group) is 1. The van der Waals surface area contributed by atoms with Crippen molar-refractivity contribution >= 4 is 5.91 Å². The quantitative estimate of drug-likeness (QED) is 0.411. The first-order valence-electron chi connectivity index (χ1n) is 4.41. The summed E-state index contributed by atoms with van der Waals surface area (Å²) in [5.41, 5.74) is 0. The van der Waals surface area contributed by atoms with Gasteiger partial charge in [-0.15, -0.1) is 6.58 Å². The molecule has 0 aromatic rings. The van der Waals surface area contributed by atoms with Gasteiger partial charge in [-0.3, -0.25) is 4.79 Å². The van der Waals surface area contributed by atoms with E-state index in [9.17, 15) is 4.79 Å². The van der Waals surface area contributed by atoms with Crippen molar-refractivity contribution in [1.82, 2.24) is 10.6 Å². The first-order chi connectivity index (χ1) is 6.31. The molecular formula is C9H18N2O2.